The highest BCUT2D eigenvalue weighted by Crippen LogP contribution is 2.34. The van der Waals surface area contributed by atoms with Crippen LogP contribution in [0.3, 0.4) is 0 Å². The van der Waals surface area contributed by atoms with Crippen LogP contribution in [0.4, 0.5) is 11.8 Å². The number of nitrogens with one attached hydrogen (secondary N) is 2. The number of hydrogen-bond donors (Lipinski definition) is 3. The maximum absolute atomic E-state index is 13.0. The van der Waals surface area contributed by atoms with Crippen LogP contribution in [0.2, 0.25) is 0 Å². The van der Waals surface area contributed by atoms with Gasteiger partial charge in [-0.1, -0.05) is 12.8 Å². The molecular formula is C25H29N7O3. The van der Waals surface area contributed by atoms with E-state index in [1.165, 1.54) is 6.42 Å². The number of fused-ring (bicyclic) bond motifs is 3. The molecule has 2 atom stereocenters. The minimum atomic E-state index is -0.959. The first-order valence-corrected chi connectivity index (χ1v) is 12.4. The molecule has 0 radical (unpaired) electrons. The van der Waals surface area contributed by atoms with Crippen molar-refractivity contribution < 1.29 is 14.7 Å². The summed E-state index contributed by atoms with van der Waals surface area (Å²) in [4.78, 5) is 40.2. The van der Waals surface area contributed by atoms with Gasteiger partial charge in [-0.15, -0.1) is 0 Å². The number of aromatic carboxylic acids is 1. The van der Waals surface area contributed by atoms with Gasteiger partial charge in [-0.25, -0.2) is 14.8 Å². The number of carboxylic acids is 1. The minimum absolute atomic E-state index is 0.00617. The Balaban J connectivity index is 1.21. The highest BCUT2D eigenvalue weighted by atomic mass is 16.4. The lowest BCUT2D eigenvalue weighted by molar-refractivity contribution is 0.0682. The standard InChI is InChI=1S/C25H29N7O3/c33-23(31-10-9-17-6-7-18(14-31)28-17)15-5-8-21(26-12-15)29-25-27-13-16-11-20(24(34)35)32(22(16)30-25)19-3-1-2-4-19/h5,8,11-13,17-19,28H,1-4,6-7,9-10,14H2,(H,34,35)(H,26,27,29,30)/t17-,18+/m0/s1. The number of hydrogen-bond acceptors (Lipinski definition) is 7. The van der Waals surface area contributed by atoms with Gasteiger partial charge in [0.1, 0.15) is 17.2 Å². The van der Waals surface area contributed by atoms with Gasteiger partial charge in [0.25, 0.3) is 5.91 Å². The minimum Gasteiger partial charge on any atom is -0.477 e. The number of rotatable bonds is 5. The Kier molecular flexibility index (Phi) is 5.60. The van der Waals surface area contributed by atoms with Crippen molar-refractivity contribution in [1.82, 2.24) is 29.7 Å². The number of carbonyl (C=O) groups is 2. The van der Waals surface area contributed by atoms with Gasteiger partial charge in [0.2, 0.25) is 5.95 Å². The second-order valence-electron chi connectivity index (χ2n) is 9.85. The quantitative estimate of drug-likeness (QED) is 0.513. The molecule has 2 bridgehead atoms. The second kappa shape index (κ2) is 8.92. The first kappa shape index (κ1) is 22.0. The summed E-state index contributed by atoms with van der Waals surface area (Å²) in [6, 6.07) is 6.22. The predicted octanol–water partition coefficient (Wildman–Crippen LogP) is 3.35. The van der Waals surface area contributed by atoms with Crippen molar-refractivity contribution in [2.24, 2.45) is 0 Å². The van der Waals surface area contributed by atoms with Gasteiger partial charge in [0.05, 0.1) is 5.56 Å². The molecule has 2 aliphatic heterocycles. The maximum Gasteiger partial charge on any atom is 0.352 e. The molecule has 35 heavy (non-hydrogen) atoms. The first-order valence-electron chi connectivity index (χ1n) is 12.4. The molecule has 0 spiro atoms. The zero-order valence-corrected chi connectivity index (χ0v) is 19.5. The topological polar surface area (TPSA) is 125 Å². The van der Waals surface area contributed by atoms with Gasteiger partial charge in [0.15, 0.2) is 0 Å². The van der Waals surface area contributed by atoms with Crippen LogP contribution in [-0.2, 0) is 0 Å². The third kappa shape index (κ3) is 4.22. The predicted molar refractivity (Wildman–Crippen MR) is 130 cm³/mol. The smallest absolute Gasteiger partial charge is 0.352 e. The van der Waals surface area contributed by atoms with Crippen LogP contribution in [0.15, 0.2) is 30.6 Å². The van der Waals surface area contributed by atoms with Crippen molar-refractivity contribution >= 4 is 34.7 Å². The molecule has 3 aromatic heterocycles. The molecule has 0 unspecified atom stereocenters. The summed E-state index contributed by atoms with van der Waals surface area (Å²) < 4.78 is 1.84. The molecule has 182 valence electrons. The summed E-state index contributed by atoms with van der Waals surface area (Å²) >= 11 is 0. The molecule has 10 nitrogen and oxygen atoms in total. The number of anilines is 2. The Bertz CT molecular complexity index is 1270. The van der Waals surface area contributed by atoms with E-state index in [2.05, 4.69) is 25.6 Å². The van der Waals surface area contributed by atoms with Crippen LogP contribution in [0, 0.1) is 0 Å². The van der Waals surface area contributed by atoms with E-state index >= 15 is 0 Å². The Hall–Kier alpha value is -3.53. The molecule has 3 fully saturated rings. The summed E-state index contributed by atoms with van der Waals surface area (Å²) in [5.74, 6) is -0.0890. The number of carbonyl (C=O) groups excluding carboxylic acids is 1. The molecule has 10 heteroatoms. The third-order valence-corrected chi connectivity index (χ3v) is 7.55. The van der Waals surface area contributed by atoms with Gasteiger partial charge in [0, 0.05) is 49.0 Å². The van der Waals surface area contributed by atoms with Crippen LogP contribution in [-0.4, -0.2) is 66.6 Å². The number of nitrogens with zero attached hydrogens (tertiary/aromatic N) is 5. The Morgan fingerprint density at radius 2 is 1.86 bits per heavy atom. The lowest BCUT2D eigenvalue weighted by atomic mass is 10.1. The van der Waals surface area contributed by atoms with Crippen molar-refractivity contribution in [2.45, 2.75) is 63.1 Å². The molecule has 2 saturated heterocycles. The number of pyridine rings is 1. The van der Waals surface area contributed by atoms with E-state index in [-0.39, 0.29) is 17.6 Å². The van der Waals surface area contributed by atoms with Crippen LogP contribution in [0.1, 0.15) is 71.8 Å². The van der Waals surface area contributed by atoms with Crippen LogP contribution in [0.5, 0.6) is 0 Å². The average Bonchev–Trinajstić information content (AvgIpc) is 3.57. The third-order valence-electron chi connectivity index (χ3n) is 7.55. The molecule has 6 rings (SSSR count). The van der Waals surface area contributed by atoms with E-state index in [1.54, 1.807) is 30.6 Å². The van der Waals surface area contributed by atoms with Gasteiger partial charge in [-0.2, -0.15) is 4.98 Å². The highest BCUT2D eigenvalue weighted by Gasteiger charge is 2.31. The fraction of sp³-hybridized carbons (Fsp3) is 0.480. The number of carboxylic acid groups (broad SMARTS) is 1. The van der Waals surface area contributed by atoms with Crippen molar-refractivity contribution in [3.8, 4) is 0 Å². The van der Waals surface area contributed by atoms with Crippen molar-refractivity contribution in [2.75, 3.05) is 18.4 Å². The lowest BCUT2D eigenvalue weighted by Crippen LogP contribution is -2.39. The SMILES string of the molecule is O=C(O)c1cc2cnc(Nc3ccc(C(=O)N4CC[C@@H]5CC[C@H](C4)N5)cn3)nc2n1C1CCCC1. The molecule has 3 N–H and O–H groups in total. The average molecular weight is 476 g/mol. The highest BCUT2D eigenvalue weighted by molar-refractivity contribution is 5.94. The zero-order chi connectivity index (χ0) is 23.9. The Labute approximate surface area is 202 Å². The van der Waals surface area contributed by atoms with Gasteiger partial charge >= 0.3 is 5.97 Å². The Morgan fingerprint density at radius 1 is 1.03 bits per heavy atom. The van der Waals surface area contributed by atoms with Crippen molar-refractivity contribution in [1.29, 1.82) is 0 Å². The summed E-state index contributed by atoms with van der Waals surface area (Å²) in [6.45, 7) is 1.50. The zero-order valence-electron chi connectivity index (χ0n) is 19.5. The molecule has 1 amide bonds. The monoisotopic (exact) mass is 475 g/mol. The van der Waals surface area contributed by atoms with E-state index in [0.717, 1.165) is 51.6 Å². The van der Waals surface area contributed by atoms with E-state index in [1.807, 2.05) is 9.47 Å². The van der Waals surface area contributed by atoms with E-state index in [9.17, 15) is 14.7 Å². The lowest BCUT2D eigenvalue weighted by Gasteiger charge is -2.24. The van der Waals surface area contributed by atoms with Crippen LogP contribution in [0.25, 0.3) is 11.0 Å². The Morgan fingerprint density at radius 3 is 2.63 bits per heavy atom. The van der Waals surface area contributed by atoms with Crippen LogP contribution < -0.4 is 10.6 Å². The van der Waals surface area contributed by atoms with Crippen LogP contribution >= 0.6 is 0 Å². The fourth-order valence-electron chi connectivity index (χ4n) is 5.78. The van der Waals surface area contributed by atoms with E-state index in [0.29, 0.717) is 40.4 Å². The van der Waals surface area contributed by atoms with Gasteiger partial charge in [-0.05, 0) is 50.3 Å². The second-order valence-corrected chi connectivity index (χ2v) is 9.85. The molecule has 1 saturated carbocycles. The number of aromatic nitrogens is 4. The molecular weight excluding hydrogens is 446 g/mol. The number of likely N-dealkylation sites (tertiary alicyclic amines) is 1. The number of amides is 1. The summed E-state index contributed by atoms with van der Waals surface area (Å²) in [7, 11) is 0. The van der Waals surface area contributed by atoms with Crippen molar-refractivity contribution in [3.63, 3.8) is 0 Å². The maximum atomic E-state index is 13.0. The molecule has 0 aromatic carbocycles. The summed E-state index contributed by atoms with van der Waals surface area (Å²) in [5, 5.41) is 17.1. The molecule has 3 aliphatic rings. The van der Waals surface area contributed by atoms with Gasteiger partial charge in [-0.3, -0.25) is 4.79 Å². The van der Waals surface area contributed by atoms with E-state index < -0.39 is 5.97 Å². The first-order chi connectivity index (χ1) is 17.0. The van der Waals surface area contributed by atoms with Crippen molar-refractivity contribution in [3.05, 3.63) is 41.9 Å². The largest absolute Gasteiger partial charge is 0.477 e. The molecule has 3 aromatic rings. The normalized spacial score (nSPS) is 22.5. The molecule has 5 heterocycles. The fourth-order valence-corrected chi connectivity index (χ4v) is 5.78. The summed E-state index contributed by atoms with van der Waals surface area (Å²) in [6.07, 6.45) is 10.6. The summed E-state index contributed by atoms with van der Waals surface area (Å²) in [5.41, 5.74) is 1.42. The van der Waals surface area contributed by atoms with E-state index in [4.69, 9.17) is 0 Å². The molecule has 1 aliphatic carbocycles. The van der Waals surface area contributed by atoms with Gasteiger partial charge < -0.3 is 25.2 Å².